The molecular formula is C9H13N3O4S. The minimum absolute atomic E-state index is 0.300. The van der Waals surface area contributed by atoms with E-state index in [4.69, 9.17) is 5.73 Å². The van der Waals surface area contributed by atoms with Crippen LogP contribution in [0.25, 0.3) is 0 Å². The number of hydrogen-bond acceptors (Lipinski definition) is 7. The molecule has 0 aliphatic rings. The molecular weight excluding hydrogens is 246 g/mol. The van der Waals surface area contributed by atoms with Gasteiger partial charge in [0.05, 0.1) is 24.3 Å². The largest absolute Gasteiger partial charge is 0.468 e. The van der Waals surface area contributed by atoms with Gasteiger partial charge in [0, 0.05) is 18.6 Å². The van der Waals surface area contributed by atoms with Crippen molar-refractivity contribution >= 4 is 15.8 Å². The van der Waals surface area contributed by atoms with Gasteiger partial charge in [-0.15, -0.1) is 0 Å². The van der Waals surface area contributed by atoms with Gasteiger partial charge in [-0.2, -0.15) is 0 Å². The van der Waals surface area contributed by atoms with Crippen LogP contribution in [0, 0.1) is 0 Å². The Labute approximate surface area is 98.9 Å². The molecule has 1 heterocycles. The fraction of sp³-hybridized carbons (Fsp3) is 0.444. The Bertz CT molecular complexity index is 474. The number of ether oxygens (including phenoxy) is 1. The highest BCUT2D eigenvalue weighted by Gasteiger charge is 2.23. The molecule has 0 unspecified atom stereocenters. The van der Waals surface area contributed by atoms with Crippen LogP contribution in [0.1, 0.15) is 5.69 Å². The molecule has 0 fully saturated rings. The molecule has 0 aliphatic carbocycles. The Morgan fingerprint density at radius 3 is 2.76 bits per heavy atom. The molecule has 8 heteroatoms. The maximum Gasteiger partial charge on any atom is 0.323 e. The van der Waals surface area contributed by atoms with Crippen molar-refractivity contribution in [3.05, 3.63) is 24.3 Å². The molecule has 0 saturated heterocycles. The predicted octanol–water partition coefficient (Wildman–Crippen LogP) is -1.11. The second-order valence-corrected chi connectivity index (χ2v) is 5.49. The van der Waals surface area contributed by atoms with Crippen LogP contribution in [-0.2, 0) is 25.1 Å². The van der Waals surface area contributed by atoms with E-state index >= 15 is 0 Å². The van der Waals surface area contributed by atoms with Gasteiger partial charge in [0.15, 0.2) is 9.84 Å². The van der Waals surface area contributed by atoms with Crippen molar-refractivity contribution in [3.8, 4) is 0 Å². The summed E-state index contributed by atoms with van der Waals surface area (Å²) in [5.41, 5.74) is 5.69. The molecule has 17 heavy (non-hydrogen) atoms. The molecule has 2 N–H and O–H groups in total. The molecule has 1 rings (SSSR count). The topological polar surface area (TPSA) is 112 Å². The lowest BCUT2D eigenvalue weighted by atomic mass is 10.4. The summed E-state index contributed by atoms with van der Waals surface area (Å²) in [5, 5.41) is 0. The third-order valence-electron chi connectivity index (χ3n) is 1.92. The number of nitrogens with two attached hydrogens (primary N) is 1. The van der Waals surface area contributed by atoms with Crippen LogP contribution in [0.2, 0.25) is 0 Å². The first kappa shape index (κ1) is 13.5. The van der Waals surface area contributed by atoms with Crippen LogP contribution in [0.15, 0.2) is 18.6 Å². The van der Waals surface area contributed by atoms with E-state index in [9.17, 15) is 13.2 Å². The molecule has 1 aromatic rings. The zero-order chi connectivity index (χ0) is 12.9. The number of rotatable bonds is 5. The first-order chi connectivity index (χ1) is 7.94. The highest BCUT2D eigenvalue weighted by Crippen LogP contribution is 2.03. The van der Waals surface area contributed by atoms with E-state index in [-0.39, 0.29) is 5.75 Å². The van der Waals surface area contributed by atoms with Gasteiger partial charge in [-0.25, -0.2) is 8.42 Å². The lowest BCUT2D eigenvalue weighted by molar-refractivity contribution is -0.141. The molecule has 1 atom stereocenters. The van der Waals surface area contributed by atoms with E-state index in [1.165, 1.54) is 18.6 Å². The van der Waals surface area contributed by atoms with Gasteiger partial charge in [-0.05, 0) is 0 Å². The van der Waals surface area contributed by atoms with Gasteiger partial charge < -0.3 is 10.5 Å². The van der Waals surface area contributed by atoms with Crippen LogP contribution in [-0.4, -0.2) is 43.3 Å². The summed E-state index contributed by atoms with van der Waals surface area (Å²) in [6.45, 7) is 0. The Morgan fingerprint density at radius 1 is 1.53 bits per heavy atom. The summed E-state index contributed by atoms with van der Waals surface area (Å²) in [6, 6.07) is -1.18. The second kappa shape index (κ2) is 5.69. The number of methoxy groups -OCH3 is 1. The molecule has 0 aromatic carbocycles. The zero-order valence-electron chi connectivity index (χ0n) is 9.24. The normalized spacial score (nSPS) is 13.1. The first-order valence-corrected chi connectivity index (χ1v) is 6.55. The number of nitrogens with zero attached hydrogens (tertiary/aromatic N) is 2. The molecule has 0 aliphatic heterocycles. The minimum Gasteiger partial charge on any atom is -0.468 e. The smallest absolute Gasteiger partial charge is 0.323 e. The molecule has 0 spiro atoms. The molecule has 0 bridgehead atoms. The summed E-state index contributed by atoms with van der Waals surface area (Å²) in [6.07, 6.45) is 4.18. The molecule has 0 amide bonds. The molecule has 7 nitrogen and oxygen atoms in total. The fourth-order valence-electron chi connectivity index (χ4n) is 1.18. The summed E-state index contributed by atoms with van der Waals surface area (Å²) >= 11 is 0. The van der Waals surface area contributed by atoms with Gasteiger partial charge in [-0.1, -0.05) is 0 Å². The van der Waals surface area contributed by atoms with Gasteiger partial charge in [0.1, 0.15) is 6.04 Å². The molecule has 0 saturated carbocycles. The van der Waals surface area contributed by atoms with Crippen LogP contribution >= 0.6 is 0 Å². The molecule has 94 valence electrons. The van der Waals surface area contributed by atoms with Crippen LogP contribution in [0.4, 0.5) is 0 Å². The average molecular weight is 259 g/mol. The SMILES string of the molecule is COC(=O)[C@@H](N)CS(=O)(=O)Cc1cnccn1. The van der Waals surface area contributed by atoms with Crippen molar-refractivity contribution in [3.63, 3.8) is 0 Å². The van der Waals surface area contributed by atoms with E-state index in [0.717, 1.165) is 7.11 Å². The van der Waals surface area contributed by atoms with Crippen LogP contribution in [0.5, 0.6) is 0 Å². The number of esters is 1. The number of sulfone groups is 1. The van der Waals surface area contributed by atoms with Crippen LogP contribution in [0.3, 0.4) is 0 Å². The van der Waals surface area contributed by atoms with Crippen molar-refractivity contribution in [1.82, 2.24) is 9.97 Å². The summed E-state index contributed by atoms with van der Waals surface area (Å²) in [5.74, 6) is -1.53. The number of hydrogen-bond donors (Lipinski definition) is 1. The Balaban J connectivity index is 2.67. The Hall–Kier alpha value is -1.54. The third-order valence-corrected chi connectivity index (χ3v) is 3.52. The van der Waals surface area contributed by atoms with E-state index in [0.29, 0.717) is 5.69 Å². The van der Waals surface area contributed by atoms with E-state index in [2.05, 4.69) is 14.7 Å². The maximum absolute atomic E-state index is 11.7. The number of aromatic nitrogens is 2. The maximum atomic E-state index is 11.7. The third kappa shape index (κ3) is 4.45. The summed E-state index contributed by atoms with van der Waals surface area (Å²) in [7, 11) is -2.37. The van der Waals surface area contributed by atoms with Crippen LogP contribution < -0.4 is 5.73 Å². The first-order valence-electron chi connectivity index (χ1n) is 4.73. The zero-order valence-corrected chi connectivity index (χ0v) is 10.1. The molecule has 1 aromatic heterocycles. The lowest BCUT2D eigenvalue weighted by Gasteiger charge is -2.09. The van der Waals surface area contributed by atoms with Crippen molar-refractivity contribution in [2.24, 2.45) is 5.73 Å². The quantitative estimate of drug-likeness (QED) is 0.667. The van der Waals surface area contributed by atoms with Crippen molar-refractivity contribution in [2.45, 2.75) is 11.8 Å². The summed E-state index contributed by atoms with van der Waals surface area (Å²) < 4.78 is 27.7. The highest BCUT2D eigenvalue weighted by atomic mass is 32.2. The average Bonchev–Trinajstić information content (AvgIpc) is 2.27. The lowest BCUT2D eigenvalue weighted by Crippen LogP contribution is -2.38. The number of carbonyl (C=O) groups is 1. The number of carbonyl (C=O) groups excluding carboxylic acids is 1. The Kier molecular flexibility index (Phi) is 4.53. The van der Waals surface area contributed by atoms with Gasteiger partial charge in [0.25, 0.3) is 0 Å². The van der Waals surface area contributed by atoms with Crippen molar-refractivity contribution in [2.75, 3.05) is 12.9 Å². The summed E-state index contributed by atoms with van der Waals surface area (Å²) in [4.78, 5) is 18.6. The van der Waals surface area contributed by atoms with E-state index in [1.807, 2.05) is 0 Å². The van der Waals surface area contributed by atoms with E-state index in [1.54, 1.807) is 0 Å². The standard InChI is InChI=1S/C9H13N3O4S/c1-16-9(13)8(10)6-17(14,15)5-7-4-11-2-3-12-7/h2-4,8H,5-6,10H2,1H3/t8-/m0/s1. The van der Waals surface area contributed by atoms with Gasteiger partial charge in [0.2, 0.25) is 0 Å². The molecule has 0 radical (unpaired) electrons. The van der Waals surface area contributed by atoms with Crippen molar-refractivity contribution in [1.29, 1.82) is 0 Å². The Morgan fingerprint density at radius 2 is 2.24 bits per heavy atom. The van der Waals surface area contributed by atoms with Crippen molar-refractivity contribution < 1.29 is 17.9 Å². The van der Waals surface area contributed by atoms with Gasteiger partial charge in [-0.3, -0.25) is 14.8 Å². The fourth-order valence-corrected chi connectivity index (χ4v) is 2.58. The van der Waals surface area contributed by atoms with Gasteiger partial charge >= 0.3 is 5.97 Å². The monoisotopic (exact) mass is 259 g/mol. The van der Waals surface area contributed by atoms with E-state index < -0.39 is 27.6 Å². The predicted molar refractivity (Wildman–Crippen MR) is 59.5 cm³/mol. The minimum atomic E-state index is -3.52. The second-order valence-electron chi connectivity index (χ2n) is 3.38. The highest BCUT2D eigenvalue weighted by molar-refractivity contribution is 7.90.